The molecular formula is C26H24N2O6. The number of hydrogen-bond donors (Lipinski definition) is 1. The van der Waals surface area contributed by atoms with Gasteiger partial charge in [0.05, 0.1) is 50.7 Å². The van der Waals surface area contributed by atoms with Crippen molar-refractivity contribution in [2.45, 2.75) is 12.6 Å². The first-order chi connectivity index (χ1) is 16.5. The Morgan fingerprint density at radius 2 is 1.65 bits per heavy atom. The van der Waals surface area contributed by atoms with Gasteiger partial charge < -0.3 is 24.2 Å². The van der Waals surface area contributed by atoms with Crippen LogP contribution in [0, 0.1) is 0 Å². The molecule has 0 aliphatic carbocycles. The van der Waals surface area contributed by atoms with E-state index in [4.69, 9.17) is 14.2 Å². The van der Waals surface area contributed by atoms with E-state index in [1.165, 1.54) is 19.1 Å². The third kappa shape index (κ3) is 4.17. The molecule has 1 saturated heterocycles. The highest BCUT2D eigenvalue weighted by molar-refractivity contribution is 6.46. The first kappa shape index (κ1) is 22.8. The first-order valence-electron chi connectivity index (χ1n) is 10.5. The minimum atomic E-state index is -0.834. The molecule has 2 heterocycles. The van der Waals surface area contributed by atoms with Gasteiger partial charge >= 0.3 is 0 Å². The summed E-state index contributed by atoms with van der Waals surface area (Å²) in [6, 6.07) is 16.4. The number of rotatable bonds is 7. The Kier molecular flexibility index (Phi) is 6.49. The van der Waals surface area contributed by atoms with Gasteiger partial charge in [0.15, 0.2) is 0 Å². The number of Topliss-reactive ketones (excluding diaryl/α,β-unsaturated/α-hetero) is 1. The number of carbonyl (C=O) groups is 2. The Morgan fingerprint density at radius 3 is 2.26 bits per heavy atom. The van der Waals surface area contributed by atoms with Crippen molar-refractivity contribution in [3.05, 3.63) is 89.3 Å². The number of methoxy groups -OCH3 is 3. The highest BCUT2D eigenvalue weighted by atomic mass is 16.5. The van der Waals surface area contributed by atoms with Crippen LogP contribution in [-0.2, 0) is 16.1 Å². The number of ether oxygens (including phenoxy) is 3. The Hall–Kier alpha value is -4.33. The number of amides is 1. The Balaban J connectivity index is 1.88. The second-order valence-corrected chi connectivity index (χ2v) is 7.59. The monoisotopic (exact) mass is 460 g/mol. The summed E-state index contributed by atoms with van der Waals surface area (Å²) >= 11 is 0. The quantitative estimate of drug-likeness (QED) is 0.326. The third-order valence-corrected chi connectivity index (χ3v) is 5.69. The molecule has 1 N–H and O–H groups in total. The van der Waals surface area contributed by atoms with E-state index in [2.05, 4.69) is 4.98 Å². The van der Waals surface area contributed by atoms with Crippen LogP contribution in [0.3, 0.4) is 0 Å². The van der Waals surface area contributed by atoms with Crippen LogP contribution < -0.4 is 14.2 Å². The van der Waals surface area contributed by atoms with Gasteiger partial charge in [0, 0.05) is 12.3 Å². The number of aromatic nitrogens is 1. The predicted octanol–water partition coefficient (Wildman–Crippen LogP) is 3.73. The van der Waals surface area contributed by atoms with Crippen molar-refractivity contribution in [1.82, 2.24) is 9.88 Å². The number of hydrogen-bond acceptors (Lipinski definition) is 7. The second kappa shape index (κ2) is 9.66. The molecule has 1 fully saturated rings. The zero-order valence-corrected chi connectivity index (χ0v) is 19.0. The largest absolute Gasteiger partial charge is 0.507 e. The van der Waals surface area contributed by atoms with Crippen molar-refractivity contribution in [3.63, 3.8) is 0 Å². The molecule has 1 atom stereocenters. The average molecular weight is 460 g/mol. The van der Waals surface area contributed by atoms with Gasteiger partial charge in [0.2, 0.25) is 0 Å². The SMILES string of the molecule is COc1ccc(C2/C(=C(/O)c3ccc(OC)cc3OC)C(=O)C(=O)N2Cc2ccccn2)cc1. The fourth-order valence-corrected chi connectivity index (χ4v) is 3.98. The summed E-state index contributed by atoms with van der Waals surface area (Å²) in [6.07, 6.45) is 1.62. The molecule has 1 aromatic heterocycles. The van der Waals surface area contributed by atoms with Crippen molar-refractivity contribution in [2.24, 2.45) is 0 Å². The van der Waals surface area contributed by atoms with Crippen molar-refractivity contribution in [1.29, 1.82) is 0 Å². The minimum absolute atomic E-state index is 0.0328. The standard InChI is InChI=1S/C26H24N2O6/c1-32-18-9-7-16(8-10-18)23-22(24(29)20-12-11-19(33-2)14-21(20)34-3)25(30)26(31)28(23)15-17-6-4-5-13-27-17/h4-14,23,29H,15H2,1-3H3/b24-22-. The van der Waals surface area contributed by atoms with E-state index < -0.39 is 17.7 Å². The highest BCUT2D eigenvalue weighted by Crippen LogP contribution is 2.42. The van der Waals surface area contributed by atoms with Crippen molar-refractivity contribution in [2.75, 3.05) is 21.3 Å². The van der Waals surface area contributed by atoms with E-state index in [0.717, 1.165) is 0 Å². The van der Waals surface area contributed by atoms with Crippen LogP contribution in [0.2, 0.25) is 0 Å². The lowest BCUT2D eigenvalue weighted by atomic mass is 9.95. The minimum Gasteiger partial charge on any atom is -0.507 e. The molecule has 1 aliphatic heterocycles. The zero-order chi connectivity index (χ0) is 24.2. The molecule has 0 saturated carbocycles. The predicted molar refractivity (Wildman–Crippen MR) is 125 cm³/mol. The van der Waals surface area contributed by atoms with Gasteiger partial charge in [0.25, 0.3) is 11.7 Å². The van der Waals surface area contributed by atoms with Crippen LogP contribution in [0.15, 0.2) is 72.4 Å². The lowest BCUT2D eigenvalue weighted by Gasteiger charge is -2.25. The number of ketones is 1. The van der Waals surface area contributed by atoms with Crippen LogP contribution in [-0.4, -0.2) is 48.0 Å². The molecule has 8 nitrogen and oxygen atoms in total. The number of pyridine rings is 1. The van der Waals surface area contributed by atoms with E-state index in [1.807, 2.05) is 6.07 Å². The van der Waals surface area contributed by atoms with Gasteiger partial charge in [-0.25, -0.2) is 0 Å². The van der Waals surface area contributed by atoms with Crippen LogP contribution in [0.1, 0.15) is 22.9 Å². The third-order valence-electron chi connectivity index (χ3n) is 5.69. The summed E-state index contributed by atoms with van der Waals surface area (Å²) in [5, 5.41) is 11.3. The molecule has 1 amide bonds. The topological polar surface area (TPSA) is 98.2 Å². The Bertz CT molecular complexity index is 1240. The summed E-state index contributed by atoms with van der Waals surface area (Å²) in [5.74, 6) is -0.381. The van der Waals surface area contributed by atoms with Gasteiger partial charge in [-0.05, 0) is 42.0 Å². The molecule has 0 spiro atoms. The van der Waals surface area contributed by atoms with Gasteiger partial charge in [-0.2, -0.15) is 0 Å². The van der Waals surface area contributed by atoms with Crippen LogP contribution in [0.25, 0.3) is 5.76 Å². The molecule has 8 heteroatoms. The average Bonchev–Trinajstić information content (AvgIpc) is 3.13. The van der Waals surface area contributed by atoms with Gasteiger partial charge in [-0.1, -0.05) is 18.2 Å². The Morgan fingerprint density at radius 1 is 0.941 bits per heavy atom. The number of likely N-dealkylation sites (tertiary alicyclic amines) is 1. The van der Waals surface area contributed by atoms with Crippen LogP contribution >= 0.6 is 0 Å². The van der Waals surface area contributed by atoms with E-state index in [9.17, 15) is 14.7 Å². The van der Waals surface area contributed by atoms with E-state index in [0.29, 0.717) is 28.5 Å². The van der Waals surface area contributed by atoms with Crippen molar-refractivity contribution < 1.29 is 28.9 Å². The Labute approximate surface area is 197 Å². The maximum Gasteiger partial charge on any atom is 0.296 e. The zero-order valence-electron chi connectivity index (χ0n) is 19.0. The number of aliphatic hydroxyl groups is 1. The number of carbonyl (C=O) groups excluding carboxylic acids is 2. The molecular weight excluding hydrogens is 436 g/mol. The molecule has 174 valence electrons. The number of aliphatic hydroxyl groups excluding tert-OH is 1. The smallest absolute Gasteiger partial charge is 0.296 e. The van der Waals surface area contributed by atoms with E-state index in [1.54, 1.807) is 67.9 Å². The van der Waals surface area contributed by atoms with E-state index in [-0.39, 0.29) is 23.4 Å². The molecule has 4 rings (SSSR count). The van der Waals surface area contributed by atoms with Gasteiger partial charge in [-0.15, -0.1) is 0 Å². The maximum atomic E-state index is 13.2. The normalized spacial score (nSPS) is 17.0. The summed E-state index contributed by atoms with van der Waals surface area (Å²) in [7, 11) is 4.52. The van der Waals surface area contributed by atoms with Crippen LogP contribution in [0.4, 0.5) is 0 Å². The van der Waals surface area contributed by atoms with Crippen LogP contribution in [0.5, 0.6) is 17.2 Å². The fourth-order valence-electron chi connectivity index (χ4n) is 3.98. The summed E-state index contributed by atoms with van der Waals surface area (Å²) in [5.41, 5.74) is 1.50. The second-order valence-electron chi connectivity index (χ2n) is 7.59. The molecule has 2 aromatic carbocycles. The summed E-state index contributed by atoms with van der Waals surface area (Å²) in [6.45, 7) is 0.0959. The lowest BCUT2D eigenvalue weighted by molar-refractivity contribution is -0.140. The maximum absolute atomic E-state index is 13.2. The molecule has 1 aliphatic rings. The van der Waals surface area contributed by atoms with Crippen molar-refractivity contribution >= 4 is 17.4 Å². The fraction of sp³-hybridized carbons (Fsp3) is 0.192. The molecule has 34 heavy (non-hydrogen) atoms. The van der Waals surface area contributed by atoms with Gasteiger partial charge in [0.1, 0.15) is 23.0 Å². The summed E-state index contributed by atoms with van der Waals surface area (Å²) < 4.78 is 15.9. The van der Waals surface area contributed by atoms with Gasteiger partial charge in [-0.3, -0.25) is 14.6 Å². The van der Waals surface area contributed by atoms with Crippen molar-refractivity contribution in [3.8, 4) is 17.2 Å². The van der Waals surface area contributed by atoms with E-state index >= 15 is 0 Å². The first-order valence-corrected chi connectivity index (χ1v) is 10.5. The lowest BCUT2D eigenvalue weighted by Crippen LogP contribution is -2.29. The summed E-state index contributed by atoms with van der Waals surface area (Å²) in [4.78, 5) is 32.1. The number of benzene rings is 2. The molecule has 0 bridgehead atoms. The molecule has 1 unspecified atom stereocenters. The number of nitrogens with zero attached hydrogens (tertiary/aromatic N) is 2. The highest BCUT2D eigenvalue weighted by Gasteiger charge is 2.46. The molecule has 3 aromatic rings. The molecule has 0 radical (unpaired) electrons.